The van der Waals surface area contributed by atoms with Crippen LogP contribution in [0.4, 0.5) is 5.69 Å². The molecule has 1 heterocycles. The molecule has 1 atom stereocenters. The lowest BCUT2D eigenvalue weighted by Gasteiger charge is -2.32. The van der Waals surface area contributed by atoms with Gasteiger partial charge in [0, 0.05) is 5.69 Å². The molecule has 1 amide bonds. The summed E-state index contributed by atoms with van der Waals surface area (Å²) < 4.78 is 0. The van der Waals surface area contributed by atoms with Gasteiger partial charge in [0.1, 0.15) is 0 Å². The van der Waals surface area contributed by atoms with Crippen molar-refractivity contribution in [2.45, 2.75) is 19.0 Å². The average Bonchev–Trinajstić information content (AvgIpc) is 2.45. The van der Waals surface area contributed by atoms with Gasteiger partial charge in [-0.15, -0.1) is 0 Å². The van der Waals surface area contributed by atoms with Gasteiger partial charge in [-0.05, 0) is 23.6 Å². The Labute approximate surface area is 112 Å². The monoisotopic (exact) mass is 252 g/mol. The highest BCUT2D eigenvalue weighted by atomic mass is 16.2. The zero-order valence-corrected chi connectivity index (χ0v) is 10.6. The predicted molar refractivity (Wildman–Crippen MR) is 75.8 cm³/mol. The molecule has 19 heavy (non-hydrogen) atoms. The normalized spacial score (nSPS) is 18.3. The van der Waals surface area contributed by atoms with Crippen LogP contribution >= 0.6 is 0 Å². The first-order valence-corrected chi connectivity index (χ1v) is 6.44. The fraction of sp³-hybridized carbons (Fsp3) is 0.188. The molecule has 1 aliphatic rings. The maximum Gasteiger partial charge on any atom is 0.244 e. The molecule has 0 aromatic heterocycles. The summed E-state index contributed by atoms with van der Waals surface area (Å²) >= 11 is 0. The topological polar surface area (TPSA) is 46.3 Å². The van der Waals surface area contributed by atoms with E-state index in [1.54, 1.807) is 4.90 Å². The Morgan fingerprint density at radius 3 is 2.53 bits per heavy atom. The van der Waals surface area contributed by atoms with Gasteiger partial charge in [0.15, 0.2) is 0 Å². The number of fused-ring (bicyclic) bond motifs is 1. The van der Waals surface area contributed by atoms with Crippen molar-refractivity contribution < 1.29 is 4.79 Å². The molecule has 3 nitrogen and oxygen atoms in total. The van der Waals surface area contributed by atoms with E-state index in [4.69, 9.17) is 5.73 Å². The van der Waals surface area contributed by atoms with Crippen molar-refractivity contribution in [3.63, 3.8) is 0 Å². The number of nitrogens with zero attached hydrogens (tertiary/aromatic N) is 1. The zero-order chi connectivity index (χ0) is 13.2. The van der Waals surface area contributed by atoms with E-state index < -0.39 is 6.04 Å². The minimum atomic E-state index is -0.432. The van der Waals surface area contributed by atoms with Crippen molar-refractivity contribution in [1.29, 1.82) is 0 Å². The number of carbonyl (C=O) groups excluding carboxylic acids is 1. The molecule has 0 spiro atoms. The van der Waals surface area contributed by atoms with Crippen molar-refractivity contribution in [3.05, 3.63) is 65.7 Å². The second kappa shape index (κ2) is 4.86. The van der Waals surface area contributed by atoms with Gasteiger partial charge in [0.05, 0.1) is 12.6 Å². The number of carbonyl (C=O) groups is 1. The van der Waals surface area contributed by atoms with Gasteiger partial charge < -0.3 is 10.6 Å². The summed E-state index contributed by atoms with van der Waals surface area (Å²) in [5.74, 6) is 0.00236. The number of rotatable bonds is 2. The Morgan fingerprint density at radius 1 is 1.05 bits per heavy atom. The zero-order valence-electron chi connectivity index (χ0n) is 10.6. The lowest BCUT2D eigenvalue weighted by atomic mass is 9.97. The molecule has 3 rings (SSSR count). The van der Waals surface area contributed by atoms with Crippen molar-refractivity contribution in [1.82, 2.24) is 0 Å². The number of para-hydroxylation sites is 1. The van der Waals surface area contributed by atoms with Gasteiger partial charge in [-0.3, -0.25) is 4.79 Å². The van der Waals surface area contributed by atoms with Crippen LogP contribution in [0.2, 0.25) is 0 Å². The third-order valence-electron chi connectivity index (χ3n) is 3.49. The molecule has 2 aromatic rings. The summed E-state index contributed by atoms with van der Waals surface area (Å²) in [6.07, 6.45) is 0.625. The van der Waals surface area contributed by atoms with Crippen LogP contribution in [0.1, 0.15) is 11.1 Å². The largest absolute Gasteiger partial charge is 0.320 e. The van der Waals surface area contributed by atoms with Crippen molar-refractivity contribution in [2.24, 2.45) is 5.73 Å². The molecule has 0 bridgehead atoms. The molecule has 96 valence electrons. The number of anilines is 1. The highest BCUT2D eigenvalue weighted by Crippen LogP contribution is 2.28. The quantitative estimate of drug-likeness (QED) is 0.889. The number of amides is 1. The van der Waals surface area contributed by atoms with E-state index in [-0.39, 0.29) is 5.91 Å². The second-order valence-corrected chi connectivity index (χ2v) is 4.85. The van der Waals surface area contributed by atoms with Gasteiger partial charge in [-0.1, -0.05) is 48.5 Å². The van der Waals surface area contributed by atoms with Crippen molar-refractivity contribution >= 4 is 11.6 Å². The molecule has 1 unspecified atom stereocenters. The molecule has 2 N–H and O–H groups in total. The number of nitrogens with two attached hydrogens (primary N) is 1. The van der Waals surface area contributed by atoms with Crippen LogP contribution in [0, 0.1) is 0 Å². The summed E-state index contributed by atoms with van der Waals surface area (Å²) in [5.41, 5.74) is 9.19. The summed E-state index contributed by atoms with van der Waals surface area (Å²) in [5, 5.41) is 0. The summed E-state index contributed by atoms with van der Waals surface area (Å²) in [4.78, 5) is 14.1. The maximum atomic E-state index is 12.3. The maximum absolute atomic E-state index is 12.3. The van der Waals surface area contributed by atoms with Gasteiger partial charge in [0.2, 0.25) is 5.91 Å². The molecule has 3 heteroatoms. The highest BCUT2D eigenvalue weighted by molar-refractivity contribution is 6.00. The summed E-state index contributed by atoms with van der Waals surface area (Å²) in [6, 6.07) is 17.5. The van der Waals surface area contributed by atoms with E-state index in [9.17, 15) is 4.79 Å². The molecule has 1 aliphatic heterocycles. The summed E-state index contributed by atoms with van der Waals surface area (Å²) in [7, 11) is 0. The van der Waals surface area contributed by atoms with E-state index in [2.05, 4.69) is 0 Å². The molecular formula is C16H16N2O. The molecule has 0 saturated heterocycles. The van der Waals surface area contributed by atoms with E-state index in [1.165, 1.54) is 0 Å². The van der Waals surface area contributed by atoms with E-state index >= 15 is 0 Å². The van der Waals surface area contributed by atoms with E-state index in [0.717, 1.165) is 16.8 Å². The first-order valence-electron chi connectivity index (χ1n) is 6.44. The first kappa shape index (κ1) is 11.9. The van der Waals surface area contributed by atoms with Crippen LogP contribution in [0.3, 0.4) is 0 Å². The minimum absolute atomic E-state index is 0.00236. The Bertz CT molecular complexity index is 595. The number of hydrogen-bond acceptors (Lipinski definition) is 2. The van der Waals surface area contributed by atoms with E-state index in [1.807, 2.05) is 54.6 Å². The van der Waals surface area contributed by atoms with Gasteiger partial charge >= 0.3 is 0 Å². The fourth-order valence-corrected chi connectivity index (χ4v) is 2.52. The fourth-order valence-electron chi connectivity index (χ4n) is 2.52. The van der Waals surface area contributed by atoms with Gasteiger partial charge in [-0.2, -0.15) is 0 Å². The molecule has 0 radical (unpaired) electrons. The smallest absolute Gasteiger partial charge is 0.244 e. The Balaban J connectivity index is 1.97. The Morgan fingerprint density at radius 2 is 1.74 bits per heavy atom. The third-order valence-corrected chi connectivity index (χ3v) is 3.49. The second-order valence-electron chi connectivity index (χ2n) is 4.85. The molecule has 0 aliphatic carbocycles. The van der Waals surface area contributed by atoms with Crippen LogP contribution in [-0.2, 0) is 17.8 Å². The molecular weight excluding hydrogens is 236 g/mol. The number of benzene rings is 2. The SMILES string of the molecule is NC1Cc2ccccc2N(Cc2ccccc2)C1=O. The average molecular weight is 252 g/mol. The Kier molecular flexibility index (Phi) is 3.05. The van der Waals surface area contributed by atoms with Crippen LogP contribution in [-0.4, -0.2) is 11.9 Å². The third kappa shape index (κ3) is 2.25. The lowest BCUT2D eigenvalue weighted by Crippen LogP contribution is -2.48. The van der Waals surface area contributed by atoms with Crippen molar-refractivity contribution in [3.8, 4) is 0 Å². The molecule has 2 aromatic carbocycles. The van der Waals surface area contributed by atoms with Crippen LogP contribution in [0.5, 0.6) is 0 Å². The molecule has 0 fully saturated rings. The first-order chi connectivity index (χ1) is 9.25. The highest BCUT2D eigenvalue weighted by Gasteiger charge is 2.29. The van der Waals surface area contributed by atoms with Gasteiger partial charge in [-0.25, -0.2) is 0 Å². The summed E-state index contributed by atoms with van der Waals surface area (Å²) in [6.45, 7) is 0.574. The van der Waals surface area contributed by atoms with E-state index in [0.29, 0.717) is 13.0 Å². The minimum Gasteiger partial charge on any atom is -0.320 e. The van der Waals surface area contributed by atoms with Crippen LogP contribution in [0.25, 0.3) is 0 Å². The van der Waals surface area contributed by atoms with Crippen LogP contribution in [0.15, 0.2) is 54.6 Å². The number of hydrogen-bond donors (Lipinski definition) is 1. The predicted octanol–water partition coefficient (Wildman–Crippen LogP) is 2.10. The Hall–Kier alpha value is -2.13. The van der Waals surface area contributed by atoms with Crippen LogP contribution < -0.4 is 10.6 Å². The van der Waals surface area contributed by atoms with Gasteiger partial charge in [0.25, 0.3) is 0 Å². The lowest BCUT2D eigenvalue weighted by molar-refractivity contribution is -0.120. The standard InChI is InChI=1S/C16H16N2O/c17-14-10-13-8-4-5-9-15(13)18(16(14)19)11-12-6-2-1-3-7-12/h1-9,14H,10-11,17H2. The molecule has 0 saturated carbocycles. The van der Waals surface area contributed by atoms with Crippen molar-refractivity contribution in [2.75, 3.05) is 4.90 Å².